The zero-order chi connectivity index (χ0) is 15.1. The molecule has 1 unspecified atom stereocenters. The van der Waals surface area contributed by atoms with Crippen molar-refractivity contribution >= 4 is 0 Å². The van der Waals surface area contributed by atoms with Gasteiger partial charge in [0.2, 0.25) is 0 Å². The quantitative estimate of drug-likeness (QED) is 0.875. The van der Waals surface area contributed by atoms with Crippen LogP contribution in [0.1, 0.15) is 43.8 Å². The van der Waals surface area contributed by atoms with Crippen LogP contribution < -0.4 is 9.47 Å². The number of hydrogen-bond acceptors (Lipinski definition) is 4. The van der Waals surface area contributed by atoms with Crippen LogP contribution in [-0.2, 0) is 0 Å². The molecule has 0 aliphatic carbocycles. The zero-order valence-corrected chi connectivity index (χ0v) is 13.2. The minimum Gasteiger partial charge on any atom is -0.497 e. The number of benzene rings is 1. The molecule has 1 aliphatic heterocycles. The number of rotatable bonds is 6. The number of nitrogens with zero attached hydrogens (tertiary/aromatic N) is 1. The standard InChI is InChI=1S/C17H27NO3/c1-20-14-7-8-15(17(13-14)21-2)16(19)9-12-18-10-5-3-4-6-11-18/h7-8,13,16,19H,3-6,9-12H2,1-2H3. The first kappa shape index (κ1) is 16.1. The number of hydrogen-bond donors (Lipinski definition) is 1. The highest BCUT2D eigenvalue weighted by atomic mass is 16.5. The van der Waals surface area contributed by atoms with Gasteiger partial charge in [0.15, 0.2) is 0 Å². The normalized spacial score (nSPS) is 18.0. The minimum atomic E-state index is -0.492. The average molecular weight is 293 g/mol. The molecule has 0 radical (unpaired) electrons. The molecule has 1 aliphatic rings. The van der Waals surface area contributed by atoms with E-state index < -0.39 is 6.10 Å². The SMILES string of the molecule is COc1ccc(C(O)CCN2CCCCCC2)c(OC)c1. The second-order valence-corrected chi connectivity index (χ2v) is 5.67. The van der Waals surface area contributed by atoms with Crippen LogP contribution in [0, 0.1) is 0 Å². The molecule has 2 rings (SSSR count). The maximum Gasteiger partial charge on any atom is 0.128 e. The molecular weight excluding hydrogens is 266 g/mol. The lowest BCUT2D eigenvalue weighted by molar-refractivity contribution is 0.140. The van der Waals surface area contributed by atoms with Crippen LogP contribution in [0.5, 0.6) is 11.5 Å². The van der Waals surface area contributed by atoms with E-state index in [1.165, 1.54) is 25.7 Å². The summed E-state index contributed by atoms with van der Waals surface area (Å²) in [5.41, 5.74) is 0.841. The van der Waals surface area contributed by atoms with Gasteiger partial charge in [-0.1, -0.05) is 12.8 Å². The Bertz CT molecular complexity index is 428. The molecule has 0 aromatic heterocycles. The van der Waals surface area contributed by atoms with Crippen molar-refractivity contribution in [1.29, 1.82) is 0 Å². The van der Waals surface area contributed by atoms with Crippen LogP contribution in [0.25, 0.3) is 0 Å². The molecule has 4 nitrogen and oxygen atoms in total. The molecule has 1 N–H and O–H groups in total. The van der Waals surface area contributed by atoms with Crippen LogP contribution in [0.3, 0.4) is 0 Å². The van der Waals surface area contributed by atoms with Crippen molar-refractivity contribution < 1.29 is 14.6 Å². The van der Waals surface area contributed by atoms with Crippen LogP contribution >= 0.6 is 0 Å². The Labute approximate surface area is 127 Å². The van der Waals surface area contributed by atoms with Gasteiger partial charge >= 0.3 is 0 Å². The Balaban J connectivity index is 1.94. The van der Waals surface area contributed by atoms with Crippen molar-refractivity contribution in [2.24, 2.45) is 0 Å². The molecule has 1 aromatic carbocycles. The summed E-state index contributed by atoms with van der Waals surface area (Å²) < 4.78 is 10.6. The van der Waals surface area contributed by atoms with E-state index in [-0.39, 0.29) is 0 Å². The fraction of sp³-hybridized carbons (Fsp3) is 0.647. The second kappa shape index (κ2) is 8.25. The van der Waals surface area contributed by atoms with E-state index >= 15 is 0 Å². The average Bonchev–Trinajstić information content (AvgIpc) is 2.80. The first-order valence-corrected chi connectivity index (χ1v) is 7.87. The van der Waals surface area contributed by atoms with Crippen LogP contribution in [0.4, 0.5) is 0 Å². The first-order chi connectivity index (χ1) is 10.2. The van der Waals surface area contributed by atoms with E-state index in [9.17, 15) is 5.11 Å². The predicted molar refractivity (Wildman–Crippen MR) is 84.0 cm³/mol. The second-order valence-electron chi connectivity index (χ2n) is 5.67. The maximum absolute atomic E-state index is 10.4. The Morgan fingerprint density at radius 2 is 1.81 bits per heavy atom. The van der Waals surface area contributed by atoms with Crippen molar-refractivity contribution in [3.63, 3.8) is 0 Å². The van der Waals surface area contributed by atoms with Gasteiger partial charge in [0, 0.05) is 18.2 Å². The smallest absolute Gasteiger partial charge is 0.128 e. The third-order valence-electron chi connectivity index (χ3n) is 4.22. The highest BCUT2D eigenvalue weighted by Crippen LogP contribution is 2.31. The number of aliphatic hydroxyl groups is 1. The number of aliphatic hydroxyl groups excluding tert-OH is 1. The Kier molecular flexibility index (Phi) is 6.33. The van der Waals surface area contributed by atoms with Gasteiger partial charge in [0.05, 0.1) is 20.3 Å². The largest absolute Gasteiger partial charge is 0.497 e. The molecule has 0 bridgehead atoms. The third kappa shape index (κ3) is 4.61. The van der Waals surface area contributed by atoms with Gasteiger partial charge in [0.25, 0.3) is 0 Å². The van der Waals surface area contributed by atoms with E-state index in [1.54, 1.807) is 14.2 Å². The molecular formula is C17H27NO3. The van der Waals surface area contributed by atoms with Crippen LogP contribution in [0.2, 0.25) is 0 Å². The van der Waals surface area contributed by atoms with E-state index in [4.69, 9.17) is 9.47 Å². The number of ether oxygens (including phenoxy) is 2. The van der Waals surface area contributed by atoms with Gasteiger partial charge in [0.1, 0.15) is 11.5 Å². The van der Waals surface area contributed by atoms with Crippen molar-refractivity contribution in [2.75, 3.05) is 33.9 Å². The van der Waals surface area contributed by atoms with E-state index in [0.29, 0.717) is 5.75 Å². The molecule has 0 spiro atoms. The van der Waals surface area contributed by atoms with E-state index in [0.717, 1.165) is 37.4 Å². The summed E-state index contributed by atoms with van der Waals surface area (Å²) in [5, 5.41) is 10.4. The van der Waals surface area contributed by atoms with Gasteiger partial charge in [-0.05, 0) is 44.5 Å². The summed E-state index contributed by atoms with van der Waals surface area (Å²) in [5.74, 6) is 1.44. The Hall–Kier alpha value is -1.26. The van der Waals surface area contributed by atoms with Crippen molar-refractivity contribution in [3.8, 4) is 11.5 Å². The van der Waals surface area contributed by atoms with Gasteiger partial charge in [-0.25, -0.2) is 0 Å². The maximum atomic E-state index is 10.4. The van der Waals surface area contributed by atoms with Crippen molar-refractivity contribution in [1.82, 2.24) is 4.90 Å². The molecule has 1 atom stereocenters. The van der Waals surface area contributed by atoms with E-state index in [2.05, 4.69) is 4.90 Å². The summed E-state index contributed by atoms with van der Waals surface area (Å²) in [6.45, 7) is 3.26. The molecule has 1 heterocycles. The highest BCUT2D eigenvalue weighted by molar-refractivity contribution is 5.41. The molecule has 21 heavy (non-hydrogen) atoms. The minimum absolute atomic E-state index is 0.492. The third-order valence-corrected chi connectivity index (χ3v) is 4.22. The Morgan fingerprint density at radius 3 is 2.43 bits per heavy atom. The van der Waals surface area contributed by atoms with Gasteiger partial charge in [-0.3, -0.25) is 0 Å². The van der Waals surface area contributed by atoms with E-state index in [1.807, 2.05) is 18.2 Å². The fourth-order valence-electron chi connectivity index (χ4n) is 2.91. The van der Waals surface area contributed by atoms with Gasteiger partial charge in [-0.2, -0.15) is 0 Å². The predicted octanol–water partition coefficient (Wildman–Crippen LogP) is 3.00. The monoisotopic (exact) mass is 293 g/mol. The molecule has 1 saturated heterocycles. The molecule has 1 aromatic rings. The molecule has 118 valence electrons. The summed E-state index contributed by atoms with van der Waals surface area (Å²) in [6.07, 6.45) is 5.48. The number of methoxy groups -OCH3 is 2. The van der Waals surface area contributed by atoms with Crippen LogP contribution in [-0.4, -0.2) is 43.9 Å². The molecule has 4 heteroatoms. The fourth-order valence-corrected chi connectivity index (χ4v) is 2.91. The Morgan fingerprint density at radius 1 is 1.10 bits per heavy atom. The summed E-state index contributed by atoms with van der Waals surface area (Å²) >= 11 is 0. The number of likely N-dealkylation sites (tertiary alicyclic amines) is 1. The van der Waals surface area contributed by atoms with Gasteiger partial charge < -0.3 is 19.5 Å². The highest BCUT2D eigenvalue weighted by Gasteiger charge is 2.16. The topological polar surface area (TPSA) is 41.9 Å². The van der Waals surface area contributed by atoms with Crippen LogP contribution in [0.15, 0.2) is 18.2 Å². The summed E-state index contributed by atoms with van der Waals surface area (Å²) in [7, 11) is 3.25. The first-order valence-electron chi connectivity index (χ1n) is 7.87. The van der Waals surface area contributed by atoms with Crippen molar-refractivity contribution in [3.05, 3.63) is 23.8 Å². The molecule has 0 amide bonds. The summed E-state index contributed by atoms with van der Waals surface area (Å²) in [4.78, 5) is 2.46. The zero-order valence-electron chi connectivity index (χ0n) is 13.2. The molecule has 1 fully saturated rings. The molecule has 0 saturated carbocycles. The lowest BCUT2D eigenvalue weighted by Gasteiger charge is -2.22. The van der Waals surface area contributed by atoms with Gasteiger partial charge in [-0.15, -0.1) is 0 Å². The lowest BCUT2D eigenvalue weighted by atomic mass is 10.0. The lowest BCUT2D eigenvalue weighted by Crippen LogP contribution is -2.26. The summed E-state index contributed by atoms with van der Waals surface area (Å²) in [6, 6.07) is 5.59. The van der Waals surface area contributed by atoms with Crippen molar-refractivity contribution in [2.45, 2.75) is 38.2 Å².